The third-order valence-electron chi connectivity index (χ3n) is 8.63. The van der Waals surface area contributed by atoms with E-state index in [0.29, 0.717) is 41.0 Å². The number of thiophene rings is 1. The van der Waals surface area contributed by atoms with Gasteiger partial charge in [0.15, 0.2) is 0 Å². The van der Waals surface area contributed by atoms with Gasteiger partial charge in [-0.3, -0.25) is 14.9 Å². The van der Waals surface area contributed by atoms with Crippen molar-refractivity contribution in [1.29, 1.82) is 10.5 Å². The summed E-state index contributed by atoms with van der Waals surface area (Å²) in [6.07, 6.45) is 7.09. The van der Waals surface area contributed by atoms with Crippen molar-refractivity contribution < 1.29 is 4.74 Å². The monoisotopic (exact) mass is 595 g/mol. The van der Waals surface area contributed by atoms with Crippen molar-refractivity contribution in [3.05, 3.63) is 62.7 Å². The van der Waals surface area contributed by atoms with Gasteiger partial charge >= 0.3 is 0 Å². The topological polar surface area (TPSA) is 124 Å². The Bertz CT molecular complexity index is 1670. The van der Waals surface area contributed by atoms with Gasteiger partial charge in [-0.15, -0.1) is 16.9 Å². The highest BCUT2D eigenvalue weighted by Gasteiger charge is 2.35. The summed E-state index contributed by atoms with van der Waals surface area (Å²) in [5.41, 5.74) is 13.5. The second-order valence-corrected chi connectivity index (χ2v) is 14.1. The van der Waals surface area contributed by atoms with Crippen LogP contribution in [0.5, 0.6) is 0 Å². The fourth-order valence-corrected chi connectivity index (χ4v) is 7.14. The molecule has 0 bridgehead atoms. The normalized spacial score (nSPS) is 19.6. The van der Waals surface area contributed by atoms with Crippen molar-refractivity contribution in [3.8, 4) is 12.1 Å². The molecule has 11 heteroatoms. The molecule has 0 radical (unpaired) electrons. The van der Waals surface area contributed by atoms with Crippen LogP contribution in [0, 0.1) is 28.1 Å². The van der Waals surface area contributed by atoms with Gasteiger partial charge in [-0.05, 0) is 53.3 Å². The van der Waals surface area contributed by atoms with Gasteiger partial charge in [-0.25, -0.2) is 0 Å². The van der Waals surface area contributed by atoms with E-state index in [1.54, 1.807) is 6.20 Å². The highest BCUT2D eigenvalue weighted by atomic mass is 32.1. The number of hydrogen-bond donors (Lipinski definition) is 4. The van der Waals surface area contributed by atoms with E-state index >= 15 is 0 Å². The number of aromatic nitrogens is 1. The minimum Gasteiger partial charge on any atom is -0.383 e. The molecule has 4 aliphatic rings. The molecule has 0 spiro atoms. The lowest BCUT2D eigenvalue weighted by Gasteiger charge is -2.39. The van der Waals surface area contributed by atoms with Crippen LogP contribution in [0.15, 0.2) is 35.6 Å². The van der Waals surface area contributed by atoms with E-state index in [1.165, 1.54) is 28.8 Å². The van der Waals surface area contributed by atoms with Gasteiger partial charge in [0.25, 0.3) is 0 Å². The average Bonchev–Trinajstić information content (AvgIpc) is 3.55. The van der Waals surface area contributed by atoms with Crippen LogP contribution < -0.4 is 21.6 Å². The number of fused-ring (bicyclic) bond motifs is 2. The number of nitrogens with one attached hydrogen (secondary N) is 4. The van der Waals surface area contributed by atoms with E-state index in [2.05, 4.69) is 81.0 Å². The van der Waals surface area contributed by atoms with Gasteiger partial charge in [0.2, 0.25) is 0 Å². The van der Waals surface area contributed by atoms with Crippen molar-refractivity contribution in [2.75, 3.05) is 36.9 Å². The van der Waals surface area contributed by atoms with Crippen LogP contribution in [-0.2, 0) is 17.7 Å². The number of hydrazine groups is 2. The Balaban J connectivity index is 1.28. The van der Waals surface area contributed by atoms with Crippen LogP contribution in [0.2, 0.25) is 0 Å². The molecule has 1 aromatic carbocycles. The van der Waals surface area contributed by atoms with E-state index in [4.69, 9.17) is 4.74 Å². The summed E-state index contributed by atoms with van der Waals surface area (Å²) in [6, 6.07) is 9.43. The molecule has 43 heavy (non-hydrogen) atoms. The molecule has 222 valence electrons. The van der Waals surface area contributed by atoms with Crippen molar-refractivity contribution in [3.63, 3.8) is 0 Å². The zero-order chi connectivity index (χ0) is 29.7. The van der Waals surface area contributed by atoms with Crippen LogP contribution in [0.1, 0.15) is 66.8 Å². The van der Waals surface area contributed by atoms with Crippen LogP contribution >= 0.6 is 11.3 Å². The maximum absolute atomic E-state index is 10.2. The molecule has 10 nitrogen and oxygen atoms in total. The van der Waals surface area contributed by atoms with Crippen molar-refractivity contribution in [2.45, 2.75) is 64.7 Å². The molecule has 3 aliphatic heterocycles. The molecule has 5 heterocycles. The SMILES string of the molecule is CC(C)(C)CNc1c(C#N)cnc2c(C#N)cc(N[C@H](C3=CN(C4CC4)NN3)c3csc4c3CCN(C3COC3)C4)cc12. The lowest BCUT2D eigenvalue weighted by atomic mass is 9.95. The molecule has 2 fully saturated rings. The Morgan fingerprint density at radius 3 is 2.67 bits per heavy atom. The fourth-order valence-electron chi connectivity index (χ4n) is 5.99. The first-order valence-electron chi connectivity index (χ1n) is 15.0. The Morgan fingerprint density at radius 2 is 1.98 bits per heavy atom. The van der Waals surface area contributed by atoms with Gasteiger partial charge in [-0.2, -0.15) is 10.5 Å². The lowest BCUT2D eigenvalue weighted by Crippen LogP contribution is -2.50. The molecule has 1 aliphatic carbocycles. The summed E-state index contributed by atoms with van der Waals surface area (Å²) in [5, 5.41) is 32.6. The molecule has 1 saturated heterocycles. The van der Waals surface area contributed by atoms with Crippen LogP contribution in [-0.4, -0.2) is 53.3 Å². The summed E-state index contributed by atoms with van der Waals surface area (Å²) < 4.78 is 5.47. The van der Waals surface area contributed by atoms with Gasteiger partial charge in [0.1, 0.15) is 12.1 Å². The predicted octanol–water partition coefficient (Wildman–Crippen LogP) is 4.74. The van der Waals surface area contributed by atoms with Gasteiger partial charge in [0.05, 0.1) is 53.3 Å². The number of pyridine rings is 1. The first-order valence-corrected chi connectivity index (χ1v) is 15.9. The number of rotatable bonds is 8. The number of nitriles is 2. The first kappa shape index (κ1) is 27.9. The summed E-state index contributed by atoms with van der Waals surface area (Å²) in [7, 11) is 0. The molecule has 1 atom stereocenters. The Morgan fingerprint density at radius 1 is 1.16 bits per heavy atom. The molecular formula is C32H37N9OS. The second kappa shape index (κ2) is 11.0. The average molecular weight is 596 g/mol. The highest BCUT2D eigenvalue weighted by molar-refractivity contribution is 7.10. The van der Waals surface area contributed by atoms with Crippen molar-refractivity contribution >= 4 is 33.6 Å². The quantitative estimate of drug-likeness (QED) is 0.290. The number of ether oxygens (including phenoxy) is 1. The Hall–Kier alpha value is -3.87. The molecule has 2 aromatic heterocycles. The molecular weight excluding hydrogens is 558 g/mol. The van der Waals surface area contributed by atoms with E-state index in [-0.39, 0.29) is 11.5 Å². The van der Waals surface area contributed by atoms with Crippen molar-refractivity contribution in [1.82, 2.24) is 25.9 Å². The number of anilines is 2. The maximum atomic E-state index is 10.2. The number of nitrogens with zero attached hydrogens (tertiary/aromatic N) is 5. The summed E-state index contributed by atoms with van der Waals surface area (Å²) in [4.78, 5) is 8.50. The minimum atomic E-state index is -0.156. The zero-order valence-corrected chi connectivity index (χ0v) is 25.6. The van der Waals surface area contributed by atoms with Gasteiger partial charge < -0.3 is 20.8 Å². The summed E-state index contributed by atoms with van der Waals surface area (Å²) >= 11 is 1.83. The van der Waals surface area contributed by atoms with Crippen LogP contribution in [0.25, 0.3) is 10.9 Å². The molecule has 3 aromatic rings. The summed E-state index contributed by atoms with van der Waals surface area (Å²) in [6.45, 7) is 10.8. The van der Waals surface area contributed by atoms with Gasteiger partial charge in [0, 0.05) is 54.0 Å². The van der Waals surface area contributed by atoms with E-state index in [1.807, 2.05) is 23.5 Å². The van der Waals surface area contributed by atoms with E-state index in [0.717, 1.165) is 49.5 Å². The smallest absolute Gasteiger partial charge is 0.103 e. The van der Waals surface area contributed by atoms with Gasteiger partial charge in [-0.1, -0.05) is 20.8 Å². The van der Waals surface area contributed by atoms with E-state index in [9.17, 15) is 10.5 Å². The number of hydrogen-bond acceptors (Lipinski definition) is 11. The Kier molecular flexibility index (Phi) is 7.15. The third-order valence-corrected chi connectivity index (χ3v) is 9.67. The second-order valence-electron chi connectivity index (χ2n) is 13.1. The van der Waals surface area contributed by atoms with Crippen LogP contribution in [0.3, 0.4) is 0 Å². The Labute approximate surface area is 256 Å². The van der Waals surface area contributed by atoms with Crippen LogP contribution in [0.4, 0.5) is 11.4 Å². The molecule has 7 rings (SSSR count). The minimum absolute atomic E-state index is 0.00165. The first-order chi connectivity index (χ1) is 20.8. The molecule has 4 N–H and O–H groups in total. The number of benzene rings is 1. The fraction of sp³-hybridized carbons (Fsp3) is 0.469. The lowest BCUT2D eigenvalue weighted by molar-refractivity contribution is -0.0691. The standard InChI is InChI=1S/C32H37N9OS/c1-32(2,3)18-36-30-20(11-34)12-35-29-19(10-33)8-21(9-25(29)30)37-31(27-13-41(39-38-27)22-4-5-22)26-17-43-28-14-40(7-6-24(26)28)23-15-42-16-23/h8-9,12-13,17,22-23,31,37-39H,4-7,14-16,18H2,1-3H3,(H,35,36)/t31-/m0/s1. The molecule has 0 unspecified atom stereocenters. The van der Waals surface area contributed by atoms with Crippen molar-refractivity contribution in [2.24, 2.45) is 5.41 Å². The largest absolute Gasteiger partial charge is 0.383 e. The van der Waals surface area contributed by atoms with E-state index < -0.39 is 0 Å². The predicted molar refractivity (Wildman–Crippen MR) is 168 cm³/mol. The molecule has 1 saturated carbocycles. The maximum Gasteiger partial charge on any atom is 0.103 e. The summed E-state index contributed by atoms with van der Waals surface area (Å²) in [5.74, 6) is 0. The molecule has 0 amide bonds. The zero-order valence-electron chi connectivity index (χ0n) is 24.8. The highest BCUT2D eigenvalue weighted by Crippen LogP contribution is 2.40. The third kappa shape index (κ3) is 5.50.